The van der Waals surface area contributed by atoms with Crippen molar-refractivity contribution < 1.29 is 4.79 Å². The molecule has 0 saturated carbocycles. The molecule has 29 heavy (non-hydrogen) atoms. The van der Waals surface area contributed by atoms with Gasteiger partial charge in [-0.15, -0.1) is 10.2 Å². The number of amides is 1. The van der Waals surface area contributed by atoms with Crippen molar-refractivity contribution in [3.63, 3.8) is 0 Å². The molecule has 0 bridgehead atoms. The summed E-state index contributed by atoms with van der Waals surface area (Å²) in [5, 5.41) is 11.7. The molecule has 154 valence electrons. The van der Waals surface area contributed by atoms with Crippen molar-refractivity contribution in [3.8, 4) is 0 Å². The predicted octanol–water partition coefficient (Wildman–Crippen LogP) is 2.14. The fraction of sp³-hybridized carbons (Fsp3) is 0.545. The molecular weight excluding hydrogens is 364 g/mol. The van der Waals surface area contributed by atoms with E-state index in [1.807, 2.05) is 12.1 Å². The second-order valence-electron chi connectivity index (χ2n) is 8.02. The number of nitrogens with zero attached hydrogens (tertiary/aromatic N) is 5. The maximum absolute atomic E-state index is 12.2. The molecule has 2 aromatic heterocycles. The summed E-state index contributed by atoms with van der Waals surface area (Å²) in [4.78, 5) is 18.9. The van der Waals surface area contributed by atoms with Gasteiger partial charge in [0.25, 0.3) is 0 Å². The van der Waals surface area contributed by atoms with E-state index in [9.17, 15) is 4.79 Å². The average molecular weight is 395 g/mol. The highest BCUT2D eigenvalue weighted by Gasteiger charge is 2.21. The van der Waals surface area contributed by atoms with Crippen LogP contribution in [-0.2, 0) is 30.7 Å². The number of rotatable bonds is 7. The lowest BCUT2D eigenvalue weighted by molar-refractivity contribution is -0.121. The zero-order valence-electron chi connectivity index (χ0n) is 17.0. The fourth-order valence-corrected chi connectivity index (χ4v) is 4.20. The van der Waals surface area contributed by atoms with Gasteiger partial charge in [0.05, 0.1) is 6.54 Å². The Labute approximate surface area is 172 Å². The van der Waals surface area contributed by atoms with E-state index < -0.39 is 0 Å². The molecule has 0 radical (unpaired) electrons. The van der Waals surface area contributed by atoms with Crippen molar-refractivity contribution >= 4 is 5.91 Å². The minimum Gasteiger partial charge on any atom is -0.349 e. The van der Waals surface area contributed by atoms with Crippen LogP contribution in [0, 0.1) is 5.92 Å². The summed E-state index contributed by atoms with van der Waals surface area (Å²) in [6.45, 7) is 4.56. The zero-order chi connectivity index (χ0) is 19.9. The quantitative estimate of drug-likeness (QED) is 0.728. The minimum absolute atomic E-state index is 0.0341. The van der Waals surface area contributed by atoms with Crippen molar-refractivity contribution in [1.82, 2.24) is 30.0 Å². The van der Waals surface area contributed by atoms with Crippen LogP contribution in [0.2, 0.25) is 0 Å². The highest BCUT2D eigenvalue weighted by molar-refractivity contribution is 5.76. The van der Waals surface area contributed by atoms with Gasteiger partial charge in [-0.05, 0) is 43.2 Å². The molecule has 0 spiro atoms. The first-order chi connectivity index (χ1) is 14.3. The number of fused-ring (bicyclic) bond motifs is 1. The molecule has 7 heteroatoms. The van der Waals surface area contributed by atoms with Crippen molar-refractivity contribution in [1.29, 1.82) is 0 Å². The van der Waals surface area contributed by atoms with E-state index in [2.05, 4.69) is 42.1 Å². The molecule has 1 aliphatic carbocycles. The Kier molecular flexibility index (Phi) is 6.67. The van der Waals surface area contributed by atoms with E-state index in [1.165, 1.54) is 25.8 Å². The van der Waals surface area contributed by atoms with E-state index >= 15 is 0 Å². The van der Waals surface area contributed by atoms with Gasteiger partial charge >= 0.3 is 0 Å². The van der Waals surface area contributed by atoms with Gasteiger partial charge in [-0.1, -0.05) is 18.2 Å². The Balaban J connectivity index is 1.25. The molecule has 4 rings (SSSR count). The molecule has 3 heterocycles. The lowest BCUT2D eigenvalue weighted by Crippen LogP contribution is -2.33. The average Bonchev–Trinajstić information content (AvgIpc) is 3.05. The van der Waals surface area contributed by atoms with Gasteiger partial charge in [0.1, 0.15) is 5.82 Å². The maximum atomic E-state index is 12.2. The SMILES string of the molecule is O=C(CCc1cccnc1)NCc1nnc2n1CCN(C[C@@H]1CC=CCC1)CC2. The third-order valence-electron chi connectivity index (χ3n) is 5.90. The van der Waals surface area contributed by atoms with Crippen molar-refractivity contribution in [2.24, 2.45) is 5.92 Å². The number of carbonyl (C=O) groups is 1. The van der Waals surface area contributed by atoms with Crippen LogP contribution in [0.3, 0.4) is 0 Å². The highest BCUT2D eigenvalue weighted by atomic mass is 16.1. The number of carbonyl (C=O) groups excluding carboxylic acids is 1. The van der Waals surface area contributed by atoms with Crippen LogP contribution in [-0.4, -0.2) is 50.2 Å². The van der Waals surface area contributed by atoms with Gasteiger partial charge in [-0.3, -0.25) is 9.78 Å². The number of allylic oxidation sites excluding steroid dienone is 2. The van der Waals surface area contributed by atoms with Gasteiger partial charge in [0.2, 0.25) is 5.91 Å². The largest absolute Gasteiger partial charge is 0.349 e. The van der Waals surface area contributed by atoms with Crippen molar-refractivity contribution in [2.45, 2.75) is 51.6 Å². The van der Waals surface area contributed by atoms with E-state index in [0.29, 0.717) is 19.4 Å². The van der Waals surface area contributed by atoms with Crippen LogP contribution in [0.25, 0.3) is 0 Å². The molecule has 1 amide bonds. The Morgan fingerprint density at radius 2 is 2.17 bits per heavy atom. The van der Waals surface area contributed by atoms with Crippen LogP contribution in [0.15, 0.2) is 36.7 Å². The molecular formula is C22H30N6O. The molecule has 1 atom stereocenters. The van der Waals surface area contributed by atoms with Gasteiger partial charge < -0.3 is 14.8 Å². The standard InChI is InChI=1S/C22H30N6O/c29-22(9-8-18-7-4-11-23-15-18)24-16-21-26-25-20-10-12-27(13-14-28(20)21)17-19-5-2-1-3-6-19/h1-2,4,7,11,15,19H,3,5-6,8-10,12-14,16-17H2,(H,24,29)/t19-/m1/s1. The topological polar surface area (TPSA) is 75.9 Å². The fourth-order valence-electron chi connectivity index (χ4n) is 4.20. The summed E-state index contributed by atoms with van der Waals surface area (Å²) in [5.41, 5.74) is 1.08. The number of aromatic nitrogens is 4. The number of aryl methyl sites for hydroxylation is 1. The Hall–Kier alpha value is -2.54. The normalized spacial score (nSPS) is 19.5. The number of hydrogen-bond acceptors (Lipinski definition) is 5. The molecule has 0 unspecified atom stereocenters. The number of pyridine rings is 1. The Morgan fingerprint density at radius 3 is 3.00 bits per heavy atom. The summed E-state index contributed by atoms with van der Waals surface area (Å²) >= 11 is 0. The van der Waals surface area contributed by atoms with Gasteiger partial charge in [-0.25, -0.2) is 0 Å². The summed E-state index contributed by atoms with van der Waals surface area (Å²) in [5.74, 6) is 2.71. The maximum Gasteiger partial charge on any atom is 0.220 e. The Bertz CT molecular complexity index is 831. The smallest absolute Gasteiger partial charge is 0.220 e. The van der Waals surface area contributed by atoms with E-state index in [0.717, 1.165) is 49.2 Å². The second-order valence-corrected chi connectivity index (χ2v) is 8.02. The molecule has 0 fully saturated rings. The predicted molar refractivity (Wildman–Crippen MR) is 111 cm³/mol. The first-order valence-corrected chi connectivity index (χ1v) is 10.7. The lowest BCUT2D eigenvalue weighted by atomic mass is 9.94. The van der Waals surface area contributed by atoms with Gasteiger partial charge in [0, 0.05) is 51.4 Å². The van der Waals surface area contributed by atoms with Gasteiger partial charge in [0.15, 0.2) is 5.82 Å². The number of nitrogens with one attached hydrogen (secondary N) is 1. The van der Waals surface area contributed by atoms with Gasteiger partial charge in [-0.2, -0.15) is 0 Å². The third-order valence-corrected chi connectivity index (χ3v) is 5.90. The summed E-state index contributed by atoms with van der Waals surface area (Å²) in [6.07, 6.45) is 14.0. The number of hydrogen-bond donors (Lipinski definition) is 1. The van der Waals surface area contributed by atoms with Crippen LogP contribution >= 0.6 is 0 Å². The van der Waals surface area contributed by atoms with E-state index in [-0.39, 0.29) is 5.91 Å². The second kappa shape index (κ2) is 9.78. The van der Waals surface area contributed by atoms with E-state index in [1.54, 1.807) is 12.4 Å². The summed E-state index contributed by atoms with van der Waals surface area (Å²) in [6, 6.07) is 3.89. The van der Waals surface area contributed by atoms with E-state index in [4.69, 9.17) is 0 Å². The van der Waals surface area contributed by atoms with Crippen molar-refractivity contribution in [3.05, 3.63) is 53.9 Å². The zero-order valence-corrected chi connectivity index (χ0v) is 17.0. The van der Waals surface area contributed by atoms with Crippen molar-refractivity contribution in [2.75, 3.05) is 19.6 Å². The molecule has 1 aliphatic heterocycles. The lowest BCUT2D eigenvalue weighted by Gasteiger charge is -2.26. The molecule has 1 N–H and O–H groups in total. The third kappa shape index (κ3) is 5.50. The Morgan fingerprint density at radius 1 is 1.21 bits per heavy atom. The highest BCUT2D eigenvalue weighted by Crippen LogP contribution is 2.20. The molecule has 2 aliphatic rings. The first kappa shape index (κ1) is 19.8. The minimum atomic E-state index is 0.0341. The van der Waals surface area contributed by atoms with Crippen LogP contribution in [0.5, 0.6) is 0 Å². The van der Waals surface area contributed by atoms with Crippen LogP contribution in [0.1, 0.15) is 42.9 Å². The summed E-state index contributed by atoms with van der Waals surface area (Å²) < 4.78 is 2.20. The molecule has 0 aromatic carbocycles. The molecule has 0 saturated heterocycles. The first-order valence-electron chi connectivity index (χ1n) is 10.7. The molecule has 2 aromatic rings. The van der Waals surface area contributed by atoms with Crippen LogP contribution < -0.4 is 5.32 Å². The molecule has 7 nitrogen and oxygen atoms in total. The van der Waals surface area contributed by atoms with Crippen LogP contribution in [0.4, 0.5) is 0 Å². The summed E-state index contributed by atoms with van der Waals surface area (Å²) in [7, 11) is 0. The monoisotopic (exact) mass is 394 g/mol.